The van der Waals surface area contributed by atoms with Gasteiger partial charge >= 0.3 is 0 Å². The van der Waals surface area contributed by atoms with E-state index in [1.54, 1.807) is 12.0 Å². The number of carbonyl (C=O) groups is 2. The van der Waals surface area contributed by atoms with Crippen LogP contribution < -0.4 is 14.4 Å². The first kappa shape index (κ1) is 31.7. The van der Waals surface area contributed by atoms with Crippen LogP contribution in [-0.2, 0) is 16.1 Å². The van der Waals surface area contributed by atoms with E-state index in [2.05, 4.69) is 17.0 Å². The van der Waals surface area contributed by atoms with Gasteiger partial charge in [-0.05, 0) is 104 Å². The third-order valence-corrected chi connectivity index (χ3v) is 9.39. The third-order valence-electron chi connectivity index (χ3n) is 8.38. The molecule has 3 aliphatic rings. The number of rotatable bonds is 9. The highest BCUT2D eigenvalue weighted by atomic mass is 32.2. The second-order valence-electron chi connectivity index (χ2n) is 11.4. The van der Waals surface area contributed by atoms with E-state index in [0.29, 0.717) is 40.3 Å². The van der Waals surface area contributed by atoms with Crippen LogP contribution in [0, 0.1) is 0 Å². The molecule has 0 aromatic heterocycles. The van der Waals surface area contributed by atoms with E-state index in [4.69, 9.17) is 19.2 Å². The summed E-state index contributed by atoms with van der Waals surface area (Å²) in [6, 6.07) is 21.4. The Labute approximate surface area is 274 Å². The second kappa shape index (κ2) is 14.9. The van der Waals surface area contributed by atoms with Crippen LogP contribution in [0.3, 0.4) is 0 Å². The van der Waals surface area contributed by atoms with Gasteiger partial charge < -0.3 is 24.0 Å². The van der Waals surface area contributed by atoms with Crippen LogP contribution in [0.2, 0.25) is 0 Å². The molecule has 0 spiro atoms. The maximum absolute atomic E-state index is 13.3. The lowest BCUT2D eigenvalue weighted by Crippen LogP contribution is -2.36. The van der Waals surface area contributed by atoms with Crippen LogP contribution in [-0.4, -0.2) is 79.8 Å². The Morgan fingerprint density at radius 3 is 2.37 bits per heavy atom. The summed E-state index contributed by atoms with van der Waals surface area (Å²) in [5, 5.41) is 0.661. The highest BCUT2D eigenvalue weighted by molar-refractivity contribution is 8.18. The average molecular weight is 641 g/mol. The van der Waals surface area contributed by atoms with Gasteiger partial charge in [0, 0.05) is 44.0 Å². The van der Waals surface area contributed by atoms with Gasteiger partial charge in [0.05, 0.1) is 30.9 Å². The number of hydrogen-bond acceptors (Lipinski definition) is 8. The molecule has 46 heavy (non-hydrogen) atoms. The first-order valence-corrected chi connectivity index (χ1v) is 16.8. The predicted molar refractivity (Wildman–Crippen MR) is 183 cm³/mol. The number of anilines is 1. The molecular weight excluding hydrogens is 600 g/mol. The van der Waals surface area contributed by atoms with E-state index in [1.165, 1.54) is 18.2 Å². The average Bonchev–Trinajstić information content (AvgIpc) is 3.41. The number of benzene rings is 3. The molecule has 0 radical (unpaired) electrons. The lowest BCUT2D eigenvalue weighted by molar-refractivity contribution is -0.122. The van der Waals surface area contributed by atoms with Gasteiger partial charge in [-0.3, -0.25) is 14.5 Å². The van der Waals surface area contributed by atoms with E-state index >= 15 is 0 Å². The van der Waals surface area contributed by atoms with Crippen molar-refractivity contribution in [3.63, 3.8) is 0 Å². The Morgan fingerprint density at radius 2 is 1.67 bits per heavy atom. The van der Waals surface area contributed by atoms with Crippen molar-refractivity contribution >= 4 is 46.2 Å². The molecule has 10 heteroatoms. The SMILES string of the molecule is CCN1C(=O)/C(=C/c2ccc(OCc3ccc(C(=O)N4CCCCC4)cc3)c(OC)c2)SC1=Nc1ccc(N2CCOCC2)cc1. The highest BCUT2D eigenvalue weighted by Gasteiger charge is 2.32. The minimum Gasteiger partial charge on any atom is -0.493 e. The number of thioether (sulfide) groups is 1. The molecule has 0 N–H and O–H groups in total. The molecular formula is C36H40N4O5S. The van der Waals surface area contributed by atoms with E-state index in [1.807, 2.05) is 72.5 Å². The summed E-state index contributed by atoms with van der Waals surface area (Å²) < 4.78 is 17.2. The van der Waals surface area contributed by atoms with Crippen molar-refractivity contribution in [1.82, 2.24) is 9.80 Å². The minimum atomic E-state index is -0.0716. The normalized spacial score (nSPS) is 18.8. The molecule has 3 fully saturated rings. The van der Waals surface area contributed by atoms with Gasteiger partial charge in [-0.1, -0.05) is 18.2 Å². The lowest BCUT2D eigenvalue weighted by atomic mass is 10.1. The number of aliphatic imine (C=N–C) groups is 1. The van der Waals surface area contributed by atoms with Crippen LogP contribution in [0.1, 0.15) is 47.7 Å². The summed E-state index contributed by atoms with van der Waals surface area (Å²) in [6.07, 6.45) is 5.20. The zero-order valence-corrected chi connectivity index (χ0v) is 27.3. The van der Waals surface area contributed by atoms with E-state index in [9.17, 15) is 9.59 Å². The Bertz CT molecular complexity index is 1590. The summed E-state index contributed by atoms with van der Waals surface area (Å²) in [7, 11) is 1.60. The maximum Gasteiger partial charge on any atom is 0.266 e. The summed E-state index contributed by atoms with van der Waals surface area (Å²) in [6.45, 7) is 7.71. The second-order valence-corrected chi connectivity index (χ2v) is 12.4. The number of likely N-dealkylation sites (tertiary alicyclic amines) is 1. The van der Waals surface area contributed by atoms with Crippen LogP contribution >= 0.6 is 11.8 Å². The molecule has 3 heterocycles. The Morgan fingerprint density at radius 1 is 0.935 bits per heavy atom. The fraction of sp³-hybridized carbons (Fsp3) is 0.361. The summed E-state index contributed by atoms with van der Waals surface area (Å²) in [5.74, 6) is 1.19. The van der Waals surface area contributed by atoms with Crippen LogP contribution in [0.15, 0.2) is 76.6 Å². The van der Waals surface area contributed by atoms with Gasteiger partial charge in [0.1, 0.15) is 6.61 Å². The third kappa shape index (κ3) is 7.40. The summed E-state index contributed by atoms with van der Waals surface area (Å²) in [4.78, 5) is 37.4. The smallest absolute Gasteiger partial charge is 0.266 e. The number of nitrogens with zero attached hydrogens (tertiary/aromatic N) is 4. The molecule has 0 aliphatic carbocycles. The molecule has 3 saturated heterocycles. The molecule has 240 valence electrons. The number of amidine groups is 1. The fourth-order valence-electron chi connectivity index (χ4n) is 5.77. The van der Waals surface area contributed by atoms with Crippen molar-refractivity contribution in [3.05, 3.63) is 88.3 Å². The quantitative estimate of drug-likeness (QED) is 0.252. The Balaban J connectivity index is 1.10. The van der Waals surface area contributed by atoms with Crippen molar-refractivity contribution in [3.8, 4) is 11.5 Å². The van der Waals surface area contributed by atoms with Crippen LogP contribution in [0.5, 0.6) is 11.5 Å². The number of piperidine rings is 1. The number of morpholine rings is 1. The van der Waals surface area contributed by atoms with Gasteiger partial charge in [0.2, 0.25) is 0 Å². The Kier molecular flexibility index (Phi) is 10.2. The lowest BCUT2D eigenvalue weighted by Gasteiger charge is -2.28. The molecule has 3 aromatic rings. The molecule has 0 saturated carbocycles. The van der Waals surface area contributed by atoms with Crippen molar-refractivity contribution in [2.45, 2.75) is 32.8 Å². The van der Waals surface area contributed by atoms with E-state index < -0.39 is 0 Å². The van der Waals surface area contributed by atoms with Gasteiger partial charge in [-0.25, -0.2) is 4.99 Å². The minimum absolute atomic E-state index is 0.0716. The maximum atomic E-state index is 13.3. The standard InChI is InChI=1S/C36H40N4O5S/c1-3-40-35(42)33(46-36(40)37-29-12-14-30(15-13-29)38-19-21-44-22-20-38)24-27-9-16-31(32(23-27)43-2)45-25-26-7-10-28(11-8-26)34(41)39-17-5-4-6-18-39/h7-16,23-24H,3-6,17-22,25H2,1-2H3/b33-24-,37-36?. The Hall–Kier alpha value is -4.28. The van der Waals surface area contributed by atoms with Crippen molar-refractivity contribution in [1.29, 1.82) is 0 Å². The molecule has 0 bridgehead atoms. The fourth-order valence-corrected chi connectivity index (χ4v) is 6.83. The summed E-state index contributed by atoms with van der Waals surface area (Å²) >= 11 is 1.37. The van der Waals surface area contributed by atoms with Crippen molar-refractivity contribution < 1.29 is 23.8 Å². The van der Waals surface area contributed by atoms with E-state index in [0.717, 1.165) is 74.7 Å². The number of hydrogen-bond donors (Lipinski definition) is 0. The molecule has 0 atom stereocenters. The first-order chi connectivity index (χ1) is 22.5. The molecule has 3 aliphatic heterocycles. The molecule has 9 nitrogen and oxygen atoms in total. The topological polar surface area (TPSA) is 83.9 Å². The first-order valence-electron chi connectivity index (χ1n) is 15.9. The molecule has 6 rings (SSSR count). The molecule has 0 unspecified atom stereocenters. The van der Waals surface area contributed by atoms with Gasteiger partial charge in [0.25, 0.3) is 11.8 Å². The largest absolute Gasteiger partial charge is 0.493 e. The number of methoxy groups -OCH3 is 1. The van der Waals surface area contributed by atoms with Gasteiger partial charge in [-0.2, -0.15) is 0 Å². The highest BCUT2D eigenvalue weighted by Crippen LogP contribution is 2.36. The molecule has 2 amide bonds. The number of carbonyl (C=O) groups excluding carboxylic acids is 2. The van der Waals surface area contributed by atoms with Crippen molar-refractivity contribution in [2.24, 2.45) is 4.99 Å². The molecule has 3 aromatic carbocycles. The predicted octanol–water partition coefficient (Wildman–Crippen LogP) is 6.36. The zero-order valence-electron chi connectivity index (χ0n) is 26.4. The van der Waals surface area contributed by atoms with Crippen LogP contribution in [0.25, 0.3) is 6.08 Å². The van der Waals surface area contributed by atoms with Gasteiger partial charge in [0.15, 0.2) is 16.7 Å². The van der Waals surface area contributed by atoms with Crippen LogP contribution in [0.4, 0.5) is 11.4 Å². The summed E-state index contributed by atoms with van der Waals surface area (Å²) in [5.41, 5.74) is 4.44. The zero-order chi connectivity index (χ0) is 31.9. The van der Waals surface area contributed by atoms with E-state index in [-0.39, 0.29) is 11.8 Å². The van der Waals surface area contributed by atoms with Gasteiger partial charge in [-0.15, -0.1) is 0 Å². The number of likely N-dealkylation sites (N-methyl/N-ethyl adjacent to an activating group) is 1. The number of amides is 2. The number of ether oxygens (including phenoxy) is 3. The monoisotopic (exact) mass is 640 g/mol. The van der Waals surface area contributed by atoms with Crippen molar-refractivity contribution in [2.75, 3.05) is 57.9 Å².